The summed E-state index contributed by atoms with van der Waals surface area (Å²) in [6.07, 6.45) is 2.32. The first kappa shape index (κ1) is 13.4. The van der Waals surface area contributed by atoms with Crippen molar-refractivity contribution in [2.24, 2.45) is 5.92 Å². The molecule has 0 N–H and O–H groups in total. The van der Waals surface area contributed by atoms with E-state index in [9.17, 15) is 4.39 Å². The maximum Gasteiger partial charge on any atom is 0.141 e. The third kappa shape index (κ3) is 2.38. The second-order valence-corrected chi connectivity index (χ2v) is 5.59. The zero-order chi connectivity index (χ0) is 14.1. The van der Waals surface area contributed by atoms with Gasteiger partial charge >= 0.3 is 0 Å². The lowest BCUT2D eigenvalue weighted by Gasteiger charge is -2.34. The Labute approximate surface area is 123 Å². The van der Waals surface area contributed by atoms with E-state index >= 15 is 0 Å². The van der Waals surface area contributed by atoms with Gasteiger partial charge in [-0.15, -0.1) is 11.6 Å². The molecule has 0 fully saturated rings. The standard InChI is InChI=1S/C16H16ClFN2/c1-11-6-12-4-2-3-5-15(12)20(10-11)16-13(8-17)7-14(18)9-19-16/h2-5,7,9,11H,6,8,10H2,1H3. The molecule has 1 aliphatic rings. The van der Waals surface area contributed by atoms with Crippen LogP contribution < -0.4 is 4.90 Å². The molecule has 1 aliphatic heterocycles. The van der Waals surface area contributed by atoms with E-state index in [2.05, 4.69) is 35.0 Å². The highest BCUT2D eigenvalue weighted by Gasteiger charge is 2.25. The predicted molar refractivity (Wildman–Crippen MR) is 80.1 cm³/mol. The Morgan fingerprint density at radius 1 is 1.40 bits per heavy atom. The molecule has 20 heavy (non-hydrogen) atoms. The van der Waals surface area contributed by atoms with Gasteiger partial charge in [0.2, 0.25) is 0 Å². The molecule has 1 aromatic heterocycles. The van der Waals surface area contributed by atoms with Crippen molar-refractivity contribution in [2.75, 3.05) is 11.4 Å². The number of hydrogen-bond donors (Lipinski definition) is 0. The second-order valence-electron chi connectivity index (χ2n) is 5.32. The van der Waals surface area contributed by atoms with E-state index in [1.807, 2.05) is 6.07 Å². The van der Waals surface area contributed by atoms with Crippen molar-refractivity contribution in [3.63, 3.8) is 0 Å². The lowest BCUT2D eigenvalue weighted by Crippen LogP contribution is -2.31. The van der Waals surface area contributed by atoms with Gasteiger partial charge in [0.25, 0.3) is 0 Å². The summed E-state index contributed by atoms with van der Waals surface area (Å²) in [4.78, 5) is 6.43. The number of fused-ring (bicyclic) bond motifs is 1. The molecule has 0 aliphatic carbocycles. The first-order valence-electron chi connectivity index (χ1n) is 6.75. The van der Waals surface area contributed by atoms with Gasteiger partial charge in [0.05, 0.1) is 12.1 Å². The summed E-state index contributed by atoms with van der Waals surface area (Å²) >= 11 is 5.95. The maximum atomic E-state index is 13.3. The van der Waals surface area contributed by atoms with E-state index in [0.717, 1.165) is 30.0 Å². The van der Waals surface area contributed by atoms with E-state index in [1.54, 1.807) is 0 Å². The van der Waals surface area contributed by atoms with E-state index in [1.165, 1.54) is 17.8 Å². The van der Waals surface area contributed by atoms with Crippen LogP contribution in [0.15, 0.2) is 36.5 Å². The molecule has 0 radical (unpaired) electrons. The van der Waals surface area contributed by atoms with Crippen LogP contribution in [0.3, 0.4) is 0 Å². The molecular formula is C16H16ClFN2. The zero-order valence-corrected chi connectivity index (χ0v) is 12.1. The first-order chi connectivity index (χ1) is 9.69. The van der Waals surface area contributed by atoms with Crippen molar-refractivity contribution >= 4 is 23.1 Å². The minimum Gasteiger partial charge on any atom is -0.326 e. The molecule has 104 valence electrons. The third-order valence-corrected chi connectivity index (χ3v) is 3.94. The van der Waals surface area contributed by atoms with Gasteiger partial charge in [-0.2, -0.15) is 0 Å². The monoisotopic (exact) mass is 290 g/mol. The quantitative estimate of drug-likeness (QED) is 0.767. The summed E-state index contributed by atoms with van der Waals surface area (Å²) in [7, 11) is 0. The molecule has 4 heteroatoms. The number of hydrogen-bond acceptors (Lipinski definition) is 2. The van der Waals surface area contributed by atoms with E-state index in [0.29, 0.717) is 5.92 Å². The Balaban J connectivity index is 2.10. The minimum absolute atomic E-state index is 0.257. The molecule has 3 rings (SSSR count). The fraction of sp³-hybridized carbons (Fsp3) is 0.312. The van der Waals surface area contributed by atoms with Gasteiger partial charge in [-0.05, 0) is 30.0 Å². The summed E-state index contributed by atoms with van der Waals surface area (Å²) in [5.41, 5.74) is 3.18. The highest BCUT2D eigenvalue weighted by Crippen LogP contribution is 2.36. The highest BCUT2D eigenvalue weighted by molar-refractivity contribution is 6.17. The number of anilines is 2. The van der Waals surface area contributed by atoms with Crippen LogP contribution in [0, 0.1) is 11.7 Å². The lowest BCUT2D eigenvalue weighted by atomic mass is 9.93. The van der Waals surface area contributed by atoms with Gasteiger partial charge in [-0.25, -0.2) is 9.37 Å². The summed E-state index contributed by atoms with van der Waals surface area (Å²) < 4.78 is 13.3. The zero-order valence-electron chi connectivity index (χ0n) is 11.3. The Bertz CT molecular complexity index is 630. The molecule has 2 nitrogen and oxygen atoms in total. The number of para-hydroxylation sites is 1. The van der Waals surface area contributed by atoms with Gasteiger partial charge in [0.1, 0.15) is 11.6 Å². The van der Waals surface area contributed by atoms with E-state index in [-0.39, 0.29) is 11.7 Å². The van der Waals surface area contributed by atoms with Crippen LogP contribution in [0.2, 0.25) is 0 Å². The summed E-state index contributed by atoms with van der Waals surface area (Å²) in [5, 5.41) is 0. The van der Waals surface area contributed by atoms with Gasteiger partial charge in [0.15, 0.2) is 0 Å². The number of benzene rings is 1. The summed E-state index contributed by atoms with van der Waals surface area (Å²) in [6, 6.07) is 9.77. The van der Waals surface area contributed by atoms with Gasteiger partial charge in [0, 0.05) is 17.8 Å². The highest BCUT2D eigenvalue weighted by atomic mass is 35.5. The molecule has 1 aromatic carbocycles. The third-order valence-electron chi connectivity index (χ3n) is 3.65. The van der Waals surface area contributed by atoms with Crippen LogP contribution in [0.5, 0.6) is 0 Å². The van der Waals surface area contributed by atoms with Gasteiger partial charge < -0.3 is 4.90 Å². The van der Waals surface area contributed by atoms with Crippen molar-refractivity contribution in [3.8, 4) is 0 Å². The fourth-order valence-corrected chi connectivity index (χ4v) is 3.01. The molecule has 2 heterocycles. The van der Waals surface area contributed by atoms with Crippen LogP contribution in [0.25, 0.3) is 0 Å². The summed E-state index contributed by atoms with van der Waals surface area (Å²) in [5.74, 6) is 1.20. The van der Waals surface area contributed by atoms with Crippen molar-refractivity contribution < 1.29 is 4.39 Å². The van der Waals surface area contributed by atoms with E-state index in [4.69, 9.17) is 11.6 Å². The van der Waals surface area contributed by atoms with E-state index < -0.39 is 0 Å². The Morgan fingerprint density at radius 2 is 2.20 bits per heavy atom. The fourth-order valence-electron chi connectivity index (χ4n) is 2.81. The van der Waals surface area contributed by atoms with Crippen LogP contribution in [0.1, 0.15) is 18.1 Å². The Kier molecular flexibility index (Phi) is 3.62. The van der Waals surface area contributed by atoms with Gasteiger partial charge in [-0.1, -0.05) is 25.1 Å². The maximum absolute atomic E-state index is 13.3. The number of rotatable bonds is 2. The van der Waals surface area contributed by atoms with Crippen LogP contribution >= 0.6 is 11.6 Å². The Hall–Kier alpha value is -1.61. The number of nitrogens with zero attached hydrogens (tertiary/aromatic N) is 2. The Morgan fingerprint density at radius 3 is 3.00 bits per heavy atom. The average molecular weight is 291 g/mol. The second kappa shape index (κ2) is 5.41. The molecule has 0 saturated heterocycles. The first-order valence-corrected chi connectivity index (χ1v) is 7.28. The van der Waals surface area contributed by atoms with Crippen LogP contribution in [-0.2, 0) is 12.3 Å². The largest absolute Gasteiger partial charge is 0.326 e. The molecule has 0 spiro atoms. The van der Waals surface area contributed by atoms with Gasteiger partial charge in [-0.3, -0.25) is 0 Å². The molecule has 0 bridgehead atoms. The van der Waals surface area contributed by atoms with Crippen molar-refractivity contribution in [1.29, 1.82) is 0 Å². The predicted octanol–water partition coefficient (Wildman–Crippen LogP) is 4.29. The molecule has 2 aromatic rings. The van der Waals surface area contributed by atoms with Crippen molar-refractivity contribution in [3.05, 3.63) is 53.5 Å². The van der Waals surface area contributed by atoms with Crippen molar-refractivity contribution in [2.45, 2.75) is 19.2 Å². The van der Waals surface area contributed by atoms with Crippen LogP contribution in [-0.4, -0.2) is 11.5 Å². The topological polar surface area (TPSA) is 16.1 Å². The van der Waals surface area contributed by atoms with Crippen LogP contribution in [0.4, 0.5) is 15.9 Å². The minimum atomic E-state index is -0.345. The molecule has 0 amide bonds. The number of pyridine rings is 1. The summed E-state index contributed by atoms with van der Waals surface area (Å²) in [6.45, 7) is 3.09. The molecule has 0 saturated carbocycles. The number of halogens is 2. The average Bonchev–Trinajstić information content (AvgIpc) is 2.46. The van der Waals surface area contributed by atoms with Crippen molar-refractivity contribution in [1.82, 2.24) is 4.98 Å². The molecule has 1 unspecified atom stereocenters. The molecule has 1 atom stereocenters. The lowest BCUT2D eigenvalue weighted by molar-refractivity contribution is 0.558. The SMILES string of the molecule is CC1Cc2ccccc2N(c2ncc(F)cc2CCl)C1. The molecular weight excluding hydrogens is 275 g/mol. The number of aromatic nitrogens is 1. The number of alkyl halides is 1. The smallest absolute Gasteiger partial charge is 0.141 e. The normalized spacial score (nSPS) is 17.9.